The molecule has 21 heavy (non-hydrogen) atoms. The number of amides is 2. The van der Waals surface area contributed by atoms with Crippen molar-refractivity contribution >= 4 is 11.8 Å². The van der Waals surface area contributed by atoms with Crippen molar-refractivity contribution in [3.05, 3.63) is 65.5 Å². The zero-order valence-corrected chi connectivity index (χ0v) is 11.5. The largest absolute Gasteiger partial charge is 0.380 e. The van der Waals surface area contributed by atoms with E-state index in [-0.39, 0.29) is 5.69 Å². The Bertz CT molecular complexity index is 629. The lowest BCUT2D eigenvalue weighted by Gasteiger charge is -2.08. The molecule has 2 N–H and O–H groups in total. The molecule has 0 bridgehead atoms. The van der Waals surface area contributed by atoms with Gasteiger partial charge in [0, 0.05) is 18.9 Å². The fourth-order valence-electron chi connectivity index (χ4n) is 1.72. The minimum Gasteiger partial charge on any atom is -0.380 e. The molecule has 2 rings (SSSR count). The van der Waals surface area contributed by atoms with Gasteiger partial charge >= 0.3 is 0 Å². The Labute approximate surface area is 122 Å². The maximum Gasteiger partial charge on any atom is 0.288 e. The van der Waals surface area contributed by atoms with Gasteiger partial charge in [0.05, 0.1) is 6.61 Å². The molecule has 2 amide bonds. The second-order valence-electron chi connectivity index (χ2n) is 4.26. The van der Waals surface area contributed by atoms with Crippen LogP contribution in [0, 0.1) is 0 Å². The molecular formula is C15H15N3O3. The lowest BCUT2D eigenvalue weighted by atomic mass is 10.1. The quantitative estimate of drug-likeness (QED) is 0.830. The number of methoxy groups -OCH3 is 1. The standard InChI is InChI=1S/C15H15N3O3/c1-21-10-11-5-4-6-12(9-11)14(19)17-18-15(20)13-7-2-3-8-16-13/h2-9H,10H2,1H3,(H,17,19)(H,18,20). The smallest absolute Gasteiger partial charge is 0.288 e. The molecule has 0 aliphatic rings. The van der Waals surface area contributed by atoms with E-state index in [0.717, 1.165) is 5.56 Å². The molecule has 6 heteroatoms. The normalized spacial score (nSPS) is 9.95. The fourth-order valence-corrected chi connectivity index (χ4v) is 1.72. The van der Waals surface area contributed by atoms with Gasteiger partial charge in [0.15, 0.2) is 0 Å². The average molecular weight is 285 g/mol. The third kappa shape index (κ3) is 4.12. The van der Waals surface area contributed by atoms with Gasteiger partial charge in [0.25, 0.3) is 11.8 Å². The number of carbonyl (C=O) groups is 2. The molecule has 0 fully saturated rings. The van der Waals surface area contributed by atoms with Crippen LogP contribution in [0.25, 0.3) is 0 Å². The molecule has 108 valence electrons. The molecule has 2 aromatic rings. The summed E-state index contributed by atoms with van der Waals surface area (Å²) < 4.78 is 5.01. The highest BCUT2D eigenvalue weighted by Crippen LogP contribution is 2.06. The molecule has 0 atom stereocenters. The molecule has 0 saturated carbocycles. The number of hydrogen-bond acceptors (Lipinski definition) is 4. The van der Waals surface area contributed by atoms with E-state index in [4.69, 9.17) is 4.74 Å². The lowest BCUT2D eigenvalue weighted by molar-refractivity contribution is 0.0844. The Kier molecular flexibility index (Phi) is 5.00. The first-order chi connectivity index (χ1) is 10.2. The second-order valence-corrected chi connectivity index (χ2v) is 4.26. The average Bonchev–Trinajstić information content (AvgIpc) is 2.53. The summed E-state index contributed by atoms with van der Waals surface area (Å²) in [6, 6.07) is 11.9. The van der Waals surface area contributed by atoms with Gasteiger partial charge in [-0.05, 0) is 29.8 Å². The molecular weight excluding hydrogens is 270 g/mol. The predicted octanol–water partition coefficient (Wildman–Crippen LogP) is 1.30. The van der Waals surface area contributed by atoms with E-state index in [1.807, 2.05) is 6.07 Å². The van der Waals surface area contributed by atoms with E-state index in [1.165, 1.54) is 6.20 Å². The van der Waals surface area contributed by atoms with Crippen LogP contribution in [0.15, 0.2) is 48.7 Å². The van der Waals surface area contributed by atoms with Crippen LogP contribution in [-0.2, 0) is 11.3 Å². The highest BCUT2D eigenvalue weighted by molar-refractivity contribution is 5.98. The summed E-state index contributed by atoms with van der Waals surface area (Å²) in [5.74, 6) is -0.880. The minimum absolute atomic E-state index is 0.228. The van der Waals surface area contributed by atoms with Gasteiger partial charge < -0.3 is 4.74 Å². The molecule has 6 nitrogen and oxygen atoms in total. The summed E-state index contributed by atoms with van der Waals surface area (Å²) >= 11 is 0. The van der Waals surface area contributed by atoms with E-state index in [0.29, 0.717) is 12.2 Å². The van der Waals surface area contributed by atoms with Crippen LogP contribution >= 0.6 is 0 Å². The van der Waals surface area contributed by atoms with Gasteiger partial charge in [-0.3, -0.25) is 25.4 Å². The number of nitrogens with one attached hydrogen (secondary N) is 2. The van der Waals surface area contributed by atoms with Crippen molar-refractivity contribution in [3.63, 3.8) is 0 Å². The molecule has 0 aliphatic heterocycles. The first kappa shape index (κ1) is 14.7. The molecule has 0 radical (unpaired) electrons. The molecule has 0 unspecified atom stereocenters. The van der Waals surface area contributed by atoms with Crippen molar-refractivity contribution in [2.75, 3.05) is 7.11 Å². The zero-order valence-electron chi connectivity index (χ0n) is 11.5. The molecule has 1 aromatic heterocycles. The topological polar surface area (TPSA) is 80.3 Å². The number of pyridine rings is 1. The maximum atomic E-state index is 11.9. The Morgan fingerprint density at radius 3 is 2.62 bits per heavy atom. The zero-order chi connectivity index (χ0) is 15.1. The summed E-state index contributed by atoms with van der Waals surface area (Å²) in [5, 5.41) is 0. The van der Waals surface area contributed by atoms with Gasteiger partial charge in [0.2, 0.25) is 0 Å². The summed E-state index contributed by atoms with van der Waals surface area (Å²) in [4.78, 5) is 27.6. The van der Waals surface area contributed by atoms with E-state index >= 15 is 0 Å². The van der Waals surface area contributed by atoms with Crippen LogP contribution in [0.1, 0.15) is 26.4 Å². The number of nitrogens with zero attached hydrogens (tertiary/aromatic N) is 1. The van der Waals surface area contributed by atoms with Crippen LogP contribution in [0.4, 0.5) is 0 Å². The van der Waals surface area contributed by atoms with E-state index < -0.39 is 11.8 Å². The molecule has 0 spiro atoms. The summed E-state index contributed by atoms with van der Waals surface area (Å²) in [6.45, 7) is 0.418. The fraction of sp³-hybridized carbons (Fsp3) is 0.133. The van der Waals surface area contributed by atoms with Crippen LogP contribution < -0.4 is 10.9 Å². The van der Waals surface area contributed by atoms with Gasteiger partial charge in [-0.1, -0.05) is 18.2 Å². The van der Waals surface area contributed by atoms with Gasteiger partial charge in [0.1, 0.15) is 5.69 Å². The van der Waals surface area contributed by atoms with Crippen LogP contribution in [0.3, 0.4) is 0 Å². The Balaban J connectivity index is 1.96. The van der Waals surface area contributed by atoms with Crippen LogP contribution in [0.5, 0.6) is 0 Å². The number of ether oxygens (including phenoxy) is 1. The number of hydrogen-bond donors (Lipinski definition) is 2. The molecule has 0 saturated heterocycles. The SMILES string of the molecule is COCc1cccc(C(=O)NNC(=O)c2ccccn2)c1. The minimum atomic E-state index is -0.475. The van der Waals surface area contributed by atoms with Crippen molar-refractivity contribution in [2.45, 2.75) is 6.61 Å². The second kappa shape index (κ2) is 7.16. The Hall–Kier alpha value is -2.73. The summed E-state index contributed by atoms with van der Waals surface area (Å²) in [7, 11) is 1.58. The van der Waals surface area contributed by atoms with E-state index in [1.54, 1.807) is 43.5 Å². The number of aromatic nitrogens is 1. The van der Waals surface area contributed by atoms with Crippen molar-refractivity contribution < 1.29 is 14.3 Å². The monoisotopic (exact) mass is 285 g/mol. The highest BCUT2D eigenvalue weighted by Gasteiger charge is 2.09. The van der Waals surface area contributed by atoms with Gasteiger partial charge in [-0.25, -0.2) is 0 Å². The van der Waals surface area contributed by atoms with Crippen molar-refractivity contribution in [1.82, 2.24) is 15.8 Å². The summed E-state index contributed by atoms with van der Waals surface area (Å²) in [6.07, 6.45) is 1.50. The van der Waals surface area contributed by atoms with Crippen molar-refractivity contribution in [3.8, 4) is 0 Å². The third-order valence-electron chi connectivity index (χ3n) is 2.69. The Morgan fingerprint density at radius 1 is 1.10 bits per heavy atom. The molecule has 0 aliphatic carbocycles. The number of rotatable bonds is 4. The van der Waals surface area contributed by atoms with Gasteiger partial charge in [-0.2, -0.15) is 0 Å². The van der Waals surface area contributed by atoms with Crippen LogP contribution in [0.2, 0.25) is 0 Å². The third-order valence-corrected chi connectivity index (χ3v) is 2.69. The predicted molar refractivity (Wildman–Crippen MR) is 76.3 cm³/mol. The number of benzene rings is 1. The Morgan fingerprint density at radius 2 is 1.90 bits per heavy atom. The van der Waals surface area contributed by atoms with Crippen molar-refractivity contribution in [2.24, 2.45) is 0 Å². The van der Waals surface area contributed by atoms with Crippen molar-refractivity contribution in [1.29, 1.82) is 0 Å². The lowest BCUT2D eigenvalue weighted by Crippen LogP contribution is -2.41. The van der Waals surface area contributed by atoms with Gasteiger partial charge in [-0.15, -0.1) is 0 Å². The van der Waals surface area contributed by atoms with E-state index in [2.05, 4.69) is 15.8 Å². The molecule has 1 heterocycles. The maximum absolute atomic E-state index is 11.9. The number of hydrazine groups is 1. The summed E-state index contributed by atoms with van der Waals surface area (Å²) in [5.41, 5.74) is 6.20. The number of carbonyl (C=O) groups excluding carboxylic acids is 2. The first-order valence-corrected chi connectivity index (χ1v) is 6.30. The first-order valence-electron chi connectivity index (χ1n) is 6.30. The highest BCUT2D eigenvalue weighted by atomic mass is 16.5. The molecule has 1 aromatic carbocycles. The van der Waals surface area contributed by atoms with Crippen LogP contribution in [-0.4, -0.2) is 23.9 Å². The van der Waals surface area contributed by atoms with E-state index in [9.17, 15) is 9.59 Å².